The van der Waals surface area contributed by atoms with Gasteiger partial charge in [0.1, 0.15) is 12.4 Å². The van der Waals surface area contributed by atoms with Crippen molar-refractivity contribution < 1.29 is 4.74 Å². The Hall–Kier alpha value is -1.20. The van der Waals surface area contributed by atoms with Crippen LogP contribution in [0, 0.1) is 0 Å². The van der Waals surface area contributed by atoms with Crippen LogP contribution in [0.15, 0.2) is 6.07 Å². The maximum absolute atomic E-state index is 5.99. The Kier molecular flexibility index (Phi) is 3.19. The van der Waals surface area contributed by atoms with E-state index in [1.807, 2.05) is 0 Å². The van der Waals surface area contributed by atoms with Gasteiger partial charge >= 0.3 is 0 Å². The van der Waals surface area contributed by atoms with E-state index < -0.39 is 0 Å². The van der Waals surface area contributed by atoms with Gasteiger partial charge in [-0.25, -0.2) is 4.98 Å². The van der Waals surface area contributed by atoms with Crippen LogP contribution < -0.4 is 15.4 Å². The number of ether oxygens (including phenoxy) is 1. The summed E-state index contributed by atoms with van der Waals surface area (Å²) in [5.41, 5.74) is 5.81. The first-order valence-corrected chi connectivity index (χ1v) is 7.03. The molecule has 2 N–H and O–H groups in total. The summed E-state index contributed by atoms with van der Waals surface area (Å²) >= 11 is 5.99. The first-order valence-electron chi connectivity index (χ1n) is 6.65. The van der Waals surface area contributed by atoms with E-state index in [-0.39, 0.29) is 0 Å². The second-order valence-electron chi connectivity index (χ2n) is 5.42. The molecule has 1 atom stereocenters. The van der Waals surface area contributed by atoms with Gasteiger partial charge in [-0.3, -0.25) is 4.90 Å². The van der Waals surface area contributed by atoms with Crippen LogP contribution in [0.2, 0.25) is 5.02 Å². The third kappa shape index (κ3) is 2.21. The van der Waals surface area contributed by atoms with Gasteiger partial charge in [-0.2, -0.15) is 0 Å². The molecule has 0 radical (unpaired) electrons. The number of fused-ring (bicyclic) bond motifs is 3. The first-order chi connectivity index (χ1) is 9.06. The summed E-state index contributed by atoms with van der Waals surface area (Å²) in [6.45, 7) is 8.12. The molecular formula is C13H19ClN4O. The Morgan fingerprint density at radius 2 is 2.26 bits per heavy atom. The Bertz CT molecular complexity index is 494. The number of hydrogen-bond donors (Lipinski definition) is 1. The van der Waals surface area contributed by atoms with Crippen LogP contribution in [0.25, 0.3) is 0 Å². The van der Waals surface area contributed by atoms with E-state index in [0.717, 1.165) is 31.2 Å². The summed E-state index contributed by atoms with van der Waals surface area (Å²) in [6.07, 6.45) is 0. The Balaban J connectivity index is 1.88. The maximum Gasteiger partial charge on any atom is 0.174 e. The van der Waals surface area contributed by atoms with Crippen molar-refractivity contribution in [2.45, 2.75) is 25.9 Å². The summed E-state index contributed by atoms with van der Waals surface area (Å²) in [5, 5.41) is 0.456. The minimum atomic E-state index is 0.344. The van der Waals surface area contributed by atoms with Crippen LogP contribution in [-0.4, -0.2) is 48.2 Å². The zero-order valence-corrected chi connectivity index (χ0v) is 12.0. The molecule has 2 aliphatic rings. The molecule has 1 saturated heterocycles. The predicted molar refractivity (Wildman–Crippen MR) is 77.0 cm³/mol. The van der Waals surface area contributed by atoms with Crippen molar-refractivity contribution in [3.63, 3.8) is 0 Å². The summed E-state index contributed by atoms with van der Waals surface area (Å²) in [7, 11) is 0. The highest BCUT2D eigenvalue weighted by molar-refractivity contribution is 6.33. The van der Waals surface area contributed by atoms with Gasteiger partial charge in [0.05, 0.1) is 11.1 Å². The molecule has 0 unspecified atom stereocenters. The van der Waals surface area contributed by atoms with E-state index in [9.17, 15) is 0 Å². The van der Waals surface area contributed by atoms with Crippen LogP contribution in [0.3, 0.4) is 0 Å². The Morgan fingerprint density at radius 1 is 1.47 bits per heavy atom. The summed E-state index contributed by atoms with van der Waals surface area (Å²) in [5.74, 6) is 1.95. The quantitative estimate of drug-likeness (QED) is 0.848. The number of rotatable bonds is 1. The lowest BCUT2D eigenvalue weighted by atomic mass is 10.1. The van der Waals surface area contributed by atoms with Gasteiger partial charge in [0.15, 0.2) is 11.6 Å². The number of hydrogen-bond acceptors (Lipinski definition) is 5. The topological polar surface area (TPSA) is 54.6 Å². The lowest BCUT2D eigenvalue weighted by Crippen LogP contribution is -2.58. The Morgan fingerprint density at radius 3 is 3.00 bits per heavy atom. The van der Waals surface area contributed by atoms with Gasteiger partial charge in [0.25, 0.3) is 0 Å². The Labute approximate surface area is 118 Å². The number of nitrogens with zero attached hydrogens (tertiary/aromatic N) is 3. The highest BCUT2D eigenvalue weighted by Crippen LogP contribution is 2.37. The molecule has 0 amide bonds. The fraction of sp³-hybridized carbons (Fsp3) is 0.615. The fourth-order valence-corrected chi connectivity index (χ4v) is 2.89. The highest BCUT2D eigenvalue weighted by Gasteiger charge is 2.34. The lowest BCUT2D eigenvalue weighted by Gasteiger charge is -2.46. The SMILES string of the molecule is CC(C)N1CCN2c3nc(N)c(Cl)cc3OC[C@@H]2C1. The average Bonchev–Trinajstić information content (AvgIpc) is 2.39. The highest BCUT2D eigenvalue weighted by atomic mass is 35.5. The van der Waals surface area contributed by atoms with Crippen LogP contribution >= 0.6 is 11.6 Å². The van der Waals surface area contributed by atoms with Crippen molar-refractivity contribution in [1.82, 2.24) is 9.88 Å². The molecule has 3 heterocycles. The second kappa shape index (κ2) is 4.72. The van der Waals surface area contributed by atoms with Gasteiger partial charge in [-0.15, -0.1) is 0 Å². The minimum Gasteiger partial charge on any atom is -0.487 e. The van der Waals surface area contributed by atoms with Crippen LogP contribution in [-0.2, 0) is 0 Å². The van der Waals surface area contributed by atoms with E-state index in [1.54, 1.807) is 6.07 Å². The second-order valence-corrected chi connectivity index (χ2v) is 5.83. The minimum absolute atomic E-state index is 0.344. The maximum atomic E-state index is 5.99. The van der Waals surface area contributed by atoms with Crippen LogP contribution in [0.4, 0.5) is 11.6 Å². The molecule has 0 aliphatic carbocycles. The fourth-order valence-electron chi connectivity index (χ4n) is 2.74. The molecule has 5 nitrogen and oxygen atoms in total. The third-order valence-corrected chi connectivity index (χ3v) is 4.20. The number of halogens is 1. The average molecular weight is 283 g/mol. The monoisotopic (exact) mass is 282 g/mol. The molecule has 0 saturated carbocycles. The molecule has 1 aromatic rings. The van der Waals surface area contributed by atoms with Crippen molar-refractivity contribution in [2.24, 2.45) is 0 Å². The molecule has 0 bridgehead atoms. The van der Waals surface area contributed by atoms with Crippen molar-refractivity contribution >= 4 is 23.2 Å². The molecule has 6 heteroatoms. The zero-order valence-electron chi connectivity index (χ0n) is 11.3. The van der Waals surface area contributed by atoms with Crippen molar-refractivity contribution in [3.8, 4) is 5.75 Å². The number of pyridine rings is 1. The van der Waals surface area contributed by atoms with E-state index in [2.05, 4.69) is 28.6 Å². The molecule has 0 aromatic carbocycles. The summed E-state index contributed by atoms with van der Waals surface area (Å²) in [6, 6.07) is 2.67. The van der Waals surface area contributed by atoms with Crippen LogP contribution in [0.5, 0.6) is 5.75 Å². The molecule has 1 fully saturated rings. The number of aromatic nitrogens is 1. The van der Waals surface area contributed by atoms with Crippen molar-refractivity contribution in [3.05, 3.63) is 11.1 Å². The summed E-state index contributed by atoms with van der Waals surface area (Å²) in [4.78, 5) is 9.16. The third-order valence-electron chi connectivity index (χ3n) is 3.90. The van der Waals surface area contributed by atoms with Crippen LogP contribution in [0.1, 0.15) is 13.8 Å². The number of nitrogen functional groups attached to an aromatic ring is 1. The normalized spacial score (nSPS) is 22.9. The first kappa shape index (κ1) is 12.8. The van der Waals surface area contributed by atoms with Gasteiger partial charge in [0.2, 0.25) is 0 Å². The van der Waals surface area contributed by atoms with Gasteiger partial charge in [-0.1, -0.05) is 11.6 Å². The van der Waals surface area contributed by atoms with Gasteiger partial charge in [-0.05, 0) is 13.8 Å². The number of nitrogens with two attached hydrogens (primary N) is 1. The molecule has 2 aliphatic heterocycles. The van der Waals surface area contributed by atoms with E-state index >= 15 is 0 Å². The van der Waals surface area contributed by atoms with Crippen molar-refractivity contribution in [2.75, 3.05) is 36.9 Å². The molecular weight excluding hydrogens is 264 g/mol. The summed E-state index contributed by atoms with van der Waals surface area (Å²) < 4.78 is 5.79. The molecule has 0 spiro atoms. The molecule has 19 heavy (non-hydrogen) atoms. The molecule has 1 aromatic heterocycles. The van der Waals surface area contributed by atoms with E-state index in [1.165, 1.54) is 0 Å². The van der Waals surface area contributed by atoms with Gasteiger partial charge < -0.3 is 15.4 Å². The smallest absolute Gasteiger partial charge is 0.174 e. The molecule has 104 valence electrons. The number of anilines is 2. The van der Waals surface area contributed by atoms with Gasteiger partial charge in [0, 0.05) is 31.7 Å². The molecule has 3 rings (SSSR count). The number of piperazine rings is 1. The standard InChI is InChI=1S/C13H19ClN4O/c1-8(2)17-3-4-18-9(6-17)7-19-11-5-10(14)12(15)16-13(11)18/h5,8-9H,3-4,6-7H2,1-2H3,(H2,15,16)/t9-/m0/s1. The van der Waals surface area contributed by atoms with Crippen molar-refractivity contribution in [1.29, 1.82) is 0 Å². The lowest BCUT2D eigenvalue weighted by molar-refractivity contribution is 0.141. The van der Waals surface area contributed by atoms with E-state index in [4.69, 9.17) is 22.1 Å². The zero-order chi connectivity index (χ0) is 13.6. The predicted octanol–water partition coefficient (Wildman–Crippen LogP) is 1.61. The van der Waals surface area contributed by atoms with E-state index in [0.29, 0.717) is 29.5 Å². The largest absolute Gasteiger partial charge is 0.487 e.